The van der Waals surface area contributed by atoms with E-state index in [1.807, 2.05) is 17.4 Å². The van der Waals surface area contributed by atoms with E-state index in [1.165, 1.54) is 5.69 Å². The quantitative estimate of drug-likeness (QED) is 0.785. The lowest BCUT2D eigenvalue weighted by Crippen LogP contribution is -2.51. The molecule has 1 unspecified atom stereocenters. The summed E-state index contributed by atoms with van der Waals surface area (Å²) in [5.74, 6) is 0. The van der Waals surface area contributed by atoms with Gasteiger partial charge in [0, 0.05) is 38.9 Å². The van der Waals surface area contributed by atoms with Gasteiger partial charge in [0.15, 0.2) is 0 Å². The molecule has 0 bridgehead atoms. The van der Waals surface area contributed by atoms with Crippen LogP contribution in [0.25, 0.3) is 0 Å². The van der Waals surface area contributed by atoms with Gasteiger partial charge in [0.25, 0.3) is 0 Å². The number of nitrogens with zero attached hydrogens (tertiary/aromatic N) is 4. The van der Waals surface area contributed by atoms with Crippen LogP contribution in [-0.2, 0) is 17.8 Å². The lowest BCUT2D eigenvalue weighted by Gasteiger charge is -2.35. The van der Waals surface area contributed by atoms with Crippen LogP contribution in [-0.4, -0.2) is 57.7 Å². The Morgan fingerprint density at radius 2 is 2.39 bits per heavy atom. The highest BCUT2D eigenvalue weighted by Gasteiger charge is 2.37. The second kappa shape index (κ2) is 4.61. The number of ether oxygens (including phenoxy) is 1. The van der Waals surface area contributed by atoms with E-state index in [0.29, 0.717) is 6.61 Å². The van der Waals surface area contributed by atoms with E-state index in [4.69, 9.17) is 4.74 Å². The summed E-state index contributed by atoms with van der Waals surface area (Å²) in [6.07, 6.45) is 3.64. The average Bonchev–Trinajstić information content (AvgIpc) is 2.97. The van der Waals surface area contributed by atoms with Crippen LogP contribution in [0.2, 0.25) is 0 Å². The maximum atomic E-state index is 11.4. The van der Waals surface area contributed by atoms with Gasteiger partial charge in [-0.05, 0) is 6.92 Å². The molecule has 18 heavy (non-hydrogen) atoms. The number of piperazine rings is 1. The minimum Gasteiger partial charge on any atom is -0.447 e. The molecule has 3 rings (SSSR count). The molecule has 2 fully saturated rings. The summed E-state index contributed by atoms with van der Waals surface area (Å²) >= 11 is 0. The first-order chi connectivity index (χ1) is 8.78. The third-order valence-electron chi connectivity index (χ3n) is 3.73. The number of carbonyl (C=O) groups excluding carboxylic acids is 1. The number of fused-ring (bicyclic) bond motifs is 1. The number of hydrogen-bond acceptors (Lipinski definition) is 4. The van der Waals surface area contributed by atoms with E-state index < -0.39 is 0 Å². The van der Waals surface area contributed by atoms with Crippen LogP contribution >= 0.6 is 0 Å². The van der Waals surface area contributed by atoms with Gasteiger partial charge in [-0.1, -0.05) is 0 Å². The Bertz CT molecular complexity index is 445. The Labute approximate surface area is 106 Å². The monoisotopic (exact) mass is 250 g/mol. The number of aromatic nitrogens is 2. The van der Waals surface area contributed by atoms with Crippen LogP contribution in [0, 0.1) is 0 Å². The van der Waals surface area contributed by atoms with Crippen LogP contribution < -0.4 is 0 Å². The van der Waals surface area contributed by atoms with E-state index in [1.54, 1.807) is 0 Å². The second-order valence-corrected chi connectivity index (χ2v) is 4.83. The fourth-order valence-corrected chi connectivity index (χ4v) is 2.69. The van der Waals surface area contributed by atoms with Crippen LogP contribution in [0.15, 0.2) is 12.5 Å². The van der Waals surface area contributed by atoms with Crippen molar-refractivity contribution in [3.63, 3.8) is 0 Å². The molecule has 0 N–H and O–H groups in total. The van der Waals surface area contributed by atoms with Gasteiger partial charge < -0.3 is 9.30 Å². The summed E-state index contributed by atoms with van der Waals surface area (Å²) in [5.41, 5.74) is 1.23. The number of imidazole rings is 1. The Hall–Kier alpha value is -1.56. The molecule has 0 spiro atoms. The van der Waals surface area contributed by atoms with E-state index in [9.17, 15) is 4.79 Å². The molecule has 98 valence electrons. The molecular weight excluding hydrogens is 232 g/mol. The Morgan fingerprint density at radius 3 is 3.22 bits per heavy atom. The topological polar surface area (TPSA) is 50.6 Å². The highest BCUT2D eigenvalue weighted by Crippen LogP contribution is 2.19. The number of hydrogen-bond donors (Lipinski definition) is 0. The number of carbonyl (C=O) groups is 1. The molecule has 3 heterocycles. The van der Waals surface area contributed by atoms with Gasteiger partial charge >= 0.3 is 6.09 Å². The van der Waals surface area contributed by atoms with Crippen molar-refractivity contribution in [2.45, 2.75) is 26.1 Å². The molecular formula is C12H18N4O2. The zero-order valence-corrected chi connectivity index (χ0v) is 10.6. The van der Waals surface area contributed by atoms with Crippen LogP contribution in [0.3, 0.4) is 0 Å². The average molecular weight is 250 g/mol. The normalized spacial score (nSPS) is 24.2. The summed E-state index contributed by atoms with van der Waals surface area (Å²) in [6.45, 7) is 7.05. The Kier molecular flexibility index (Phi) is 2.95. The van der Waals surface area contributed by atoms with Gasteiger partial charge in [-0.15, -0.1) is 0 Å². The third-order valence-corrected chi connectivity index (χ3v) is 3.73. The van der Waals surface area contributed by atoms with Crippen molar-refractivity contribution in [1.82, 2.24) is 19.4 Å². The predicted molar refractivity (Wildman–Crippen MR) is 65.0 cm³/mol. The van der Waals surface area contributed by atoms with E-state index in [2.05, 4.69) is 21.4 Å². The first kappa shape index (κ1) is 11.5. The molecule has 2 aliphatic heterocycles. The first-order valence-corrected chi connectivity index (χ1v) is 6.42. The molecule has 2 saturated heterocycles. The molecule has 1 amide bonds. The number of cyclic esters (lactones) is 1. The summed E-state index contributed by atoms with van der Waals surface area (Å²) in [7, 11) is 0. The lowest BCUT2D eigenvalue weighted by molar-refractivity contribution is 0.114. The minimum absolute atomic E-state index is 0.154. The van der Waals surface area contributed by atoms with Crippen LogP contribution in [0.5, 0.6) is 0 Å². The van der Waals surface area contributed by atoms with Crippen LogP contribution in [0.4, 0.5) is 4.79 Å². The zero-order chi connectivity index (χ0) is 12.5. The highest BCUT2D eigenvalue weighted by atomic mass is 16.6. The van der Waals surface area contributed by atoms with Gasteiger partial charge in [-0.3, -0.25) is 9.80 Å². The van der Waals surface area contributed by atoms with Crippen molar-refractivity contribution in [3.05, 3.63) is 18.2 Å². The summed E-state index contributed by atoms with van der Waals surface area (Å²) < 4.78 is 7.23. The van der Waals surface area contributed by atoms with Gasteiger partial charge in [0.2, 0.25) is 0 Å². The number of rotatable bonds is 3. The molecule has 6 heteroatoms. The SMILES string of the molecule is CCn1cncc1CN1CCN2C(=O)OCC2C1. The van der Waals surface area contributed by atoms with Crippen molar-refractivity contribution < 1.29 is 9.53 Å². The highest BCUT2D eigenvalue weighted by molar-refractivity contribution is 5.70. The van der Waals surface area contributed by atoms with E-state index in [0.717, 1.165) is 32.7 Å². The van der Waals surface area contributed by atoms with E-state index in [-0.39, 0.29) is 12.1 Å². The number of amides is 1. The maximum absolute atomic E-state index is 11.4. The molecule has 0 aromatic carbocycles. The number of aryl methyl sites for hydroxylation is 1. The third kappa shape index (κ3) is 1.96. The van der Waals surface area contributed by atoms with Gasteiger partial charge in [-0.25, -0.2) is 9.78 Å². The molecule has 1 atom stereocenters. The molecule has 0 saturated carbocycles. The molecule has 1 aromatic heterocycles. The first-order valence-electron chi connectivity index (χ1n) is 6.42. The van der Waals surface area contributed by atoms with Gasteiger partial charge in [-0.2, -0.15) is 0 Å². The van der Waals surface area contributed by atoms with Crippen molar-refractivity contribution in [3.8, 4) is 0 Å². The summed E-state index contributed by atoms with van der Waals surface area (Å²) in [5, 5.41) is 0. The molecule has 2 aliphatic rings. The molecule has 0 aliphatic carbocycles. The van der Waals surface area contributed by atoms with Crippen molar-refractivity contribution in [1.29, 1.82) is 0 Å². The summed E-state index contributed by atoms with van der Waals surface area (Å²) in [6, 6.07) is 0.226. The standard InChI is InChI=1S/C12H18N4O2/c1-2-15-9-13-5-10(15)6-14-3-4-16-11(7-14)8-18-12(16)17/h5,9,11H,2-4,6-8H2,1H3. The molecule has 6 nitrogen and oxygen atoms in total. The van der Waals surface area contributed by atoms with Crippen molar-refractivity contribution in [2.24, 2.45) is 0 Å². The maximum Gasteiger partial charge on any atom is 0.410 e. The van der Waals surface area contributed by atoms with Gasteiger partial charge in [0.1, 0.15) is 6.61 Å². The Balaban J connectivity index is 1.64. The minimum atomic E-state index is -0.154. The molecule has 1 aromatic rings. The van der Waals surface area contributed by atoms with Crippen LogP contribution in [0.1, 0.15) is 12.6 Å². The van der Waals surface area contributed by atoms with Crippen molar-refractivity contribution in [2.75, 3.05) is 26.2 Å². The fourth-order valence-electron chi connectivity index (χ4n) is 2.69. The largest absolute Gasteiger partial charge is 0.447 e. The predicted octanol–water partition coefficient (Wildman–Crippen LogP) is 0.539. The smallest absolute Gasteiger partial charge is 0.410 e. The summed E-state index contributed by atoms with van der Waals surface area (Å²) in [4.78, 5) is 19.8. The Morgan fingerprint density at radius 1 is 1.50 bits per heavy atom. The lowest BCUT2D eigenvalue weighted by atomic mass is 10.2. The fraction of sp³-hybridized carbons (Fsp3) is 0.667. The van der Waals surface area contributed by atoms with Crippen molar-refractivity contribution >= 4 is 6.09 Å². The van der Waals surface area contributed by atoms with Gasteiger partial charge in [0.05, 0.1) is 18.1 Å². The van der Waals surface area contributed by atoms with E-state index >= 15 is 0 Å². The second-order valence-electron chi connectivity index (χ2n) is 4.83. The molecule has 0 radical (unpaired) electrons. The zero-order valence-electron chi connectivity index (χ0n) is 10.6.